The first-order valence-electron chi connectivity index (χ1n) is 10.0. The Kier molecular flexibility index (Phi) is 5.44. The summed E-state index contributed by atoms with van der Waals surface area (Å²) in [5, 5.41) is 16.7. The minimum Gasteiger partial charge on any atom is -0.326 e. The van der Waals surface area contributed by atoms with Gasteiger partial charge in [0.25, 0.3) is 0 Å². The zero-order valence-electron chi connectivity index (χ0n) is 17.4. The minimum absolute atomic E-state index is 0.223. The smallest absolute Gasteiger partial charge is 0.322 e. The Balaban J connectivity index is 1.57. The SMILES string of the molecule is Cc1cc(-c2nn3c(c2CN)CN(C(=O)Nc2ccc(C#N)c(C)c2)CC3)ccc1F. The lowest BCUT2D eigenvalue weighted by atomic mass is 10.0. The highest BCUT2D eigenvalue weighted by Crippen LogP contribution is 2.29. The van der Waals surface area contributed by atoms with Crippen molar-refractivity contribution in [2.24, 2.45) is 5.73 Å². The summed E-state index contributed by atoms with van der Waals surface area (Å²) in [7, 11) is 0. The zero-order valence-corrected chi connectivity index (χ0v) is 17.4. The van der Waals surface area contributed by atoms with Crippen molar-refractivity contribution < 1.29 is 9.18 Å². The van der Waals surface area contributed by atoms with Gasteiger partial charge in [0.2, 0.25) is 0 Å². The van der Waals surface area contributed by atoms with Gasteiger partial charge in [0, 0.05) is 29.9 Å². The summed E-state index contributed by atoms with van der Waals surface area (Å²) in [6.45, 7) is 5.24. The Morgan fingerprint density at radius 3 is 2.71 bits per heavy atom. The molecular weight excluding hydrogens is 395 g/mol. The highest BCUT2D eigenvalue weighted by Gasteiger charge is 2.27. The van der Waals surface area contributed by atoms with Gasteiger partial charge in [0.15, 0.2) is 0 Å². The highest BCUT2D eigenvalue weighted by atomic mass is 19.1. The van der Waals surface area contributed by atoms with Crippen LogP contribution >= 0.6 is 0 Å². The number of carbonyl (C=O) groups excluding carboxylic acids is 1. The first kappa shape index (κ1) is 20.6. The third-order valence-electron chi connectivity index (χ3n) is 5.61. The monoisotopic (exact) mass is 418 g/mol. The molecule has 1 aliphatic rings. The molecule has 0 unspecified atom stereocenters. The van der Waals surface area contributed by atoms with Crippen LogP contribution in [0.1, 0.15) is 27.9 Å². The third kappa shape index (κ3) is 3.88. The highest BCUT2D eigenvalue weighted by molar-refractivity contribution is 5.89. The van der Waals surface area contributed by atoms with Crippen LogP contribution in [0.2, 0.25) is 0 Å². The molecule has 2 aromatic carbocycles. The van der Waals surface area contributed by atoms with Crippen molar-refractivity contribution in [2.75, 3.05) is 11.9 Å². The van der Waals surface area contributed by atoms with Crippen molar-refractivity contribution in [3.63, 3.8) is 0 Å². The standard InChI is InChI=1S/C23H23FN6O/c1-14-10-18(5-3-17(14)11-25)27-23(31)29-7-8-30-21(13-29)19(12-26)22(28-30)16-4-6-20(24)15(2)9-16/h3-6,9-10H,7-8,12-13,26H2,1-2H3,(H,27,31). The number of nitrogens with zero attached hydrogens (tertiary/aromatic N) is 4. The molecule has 3 aromatic rings. The van der Waals surface area contributed by atoms with Gasteiger partial charge in [-0.2, -0.15) is 10.4 Å². The second-order valence-electron chi connectivity index (χ2n) is 7.66. The molecule has 8 heteroatoms. The van der Waals surface area contributed by atoms with E-state index in [2.05, 4.69) is 11.4 Å². The molecule has 0 saturated carbocycles. The van der Waals surface area contributed by atoms with Crippen LogP contribution in [0.4, 0.5) is 14.9 Å². The molecule has 1 aromatic heterocycles. The molecule has 0 bridgehead atoms. The maximum atomic E-state index is 13.7. The summed E-state index contributed by atoms with van der Waals surface area (Å²) >= 11 is 0. The summed E-state index contributed by atoms with van der Waals surface area (Å²) < 4.78 is 15.6. The molecule has 4 rings (SSSR count). The van der Waals surface area contributed by atoms with E-state index in [0.717, 1.165) is 28.1 Å². The maximum absolute atomic E-state index is 13.7. The number of benzene rings is 2. The average molecular weight is 418 g/mol. The Bertz CT molecular complexity index is 1210. The number of amides is 2. The van der Waals surface area contributed by atoms with Crippen LogP contribution in [-0.4, -0.2) is 27.3 Å². The number of hydrogen-bond acceptors (Lipinski definition) is 4. The molecule has 0 radical (unpaired) electrons. The normalized spacial score (nSPS) is 12.9. The van der Waals surface area contributed by atoms with Crippen molar-refractivity contribution in [1.82, 2.24) is 14.7 Å². The molecule has 31 heavy (non-hydrogen) atoms. The van der Waals surface area contributed by atoms with Gasteiger partial charge in [-0.15, -0.1) is 0 Å². The fourth-order valence-corrected chi connectivity index (χ4v) is 3.85. The van der Waals surface area contributed by atoms with Crippen molar-refractivity contribution in [2.45, 2.75) is 33.5 Å². The van der Waals surface area contributed by atoms with Gasteiger partial charge in [-0.25, -0.2) is 9.18 Å². The summed E-state index contributed by atoms with van der Waals surface area (Å²) in [4.78, 5) is 14.6. The predicted molar refractivity (Wildman–Crippen MR) is 116 cm³/mol. The fourth-order valence-electron chi connectivity index (χ4n) is 3.85. The van der Waals surface area contributed by atoms with Crippen LogP contribution < -0.4 is 11.1 Å². The summed E-state index contributed by atoms with van der Waals surface area (Å²) in [5.74, 6) is -0.261. The number of aryl methyl sites for hydroxylation is 2. The number of urea groups is 1. The van der Waals surface area contributed by atoms with E-state index in [0.29, 0.717) is 36.4 Å². The van der Waals surface area contributed by atoms with Crippen LogP contribution in [0.25, 0.3) is 11.3 Å². The van der Waals surface area contributed by atoms with E-state index in [9.17, 15) is 9.18 Å². The second-order valence-corrected chi connectivity index (χ2v) is 7.66. The fraction of sp³-hybridized carbons (Fsp3) is 0.261. The molecular formula is C23H23FN6O. The van der Waals surface area contributed by atoms with Crippen molar-refractivity contribution in [1.29, 1.82) is 5.26 Å². The van der Waals surface area contributed by atoms with Crippen molar-refractivity contribution in [3.05, 3.63) is 70.2 Å². The van der Waals surface area contributed by atoms with Gasteiger partial charge in [0.05, 0.1) is 36.1 Å². The van der Waals surface area contributed by atoms with Crippen LogP contribution in [0, 0.1) is 31.0 Å². The van der Waals surface area contributed by atoms with E-state index in [1.807, 2.05) is 11.6 Å². The molecule has 2 amide bonds. The number of hydrogen-bond donors (Lipinski definition) is 2. The molecule has 0 spiro atoms. The number of nitrogens with one attached hydrogen (secondary N) is 1. The van der Waals surface area contributed by atoms with Crippen LogP contribution in [0.3, 0.4) is 0 Å². The lowest BCUT2D eigenvalue weighted by molar-refractivity contribution is 0.194. The van der Waals surface area contributed by atoms with E-state index < -0.39 is 0 Å². The van der Waals surface area contributed by atoms with Crippen LogP contribution in [0.5, 0.6) is 0 Å². The minimum atomic E-state index is -0.261. The molecule has 2 heterocycles. The first-order chi connectivity index (χ1) is 14.9. The van der Waals surface area contributed by atoms with E-state index in [1.54, 1.807) is 42.2 Å². The van der Waals surface area contributed by atoms with E-state index >= 15 is 0 Å². The molecule has 3 N–H and O–H groups in total. The van der Waals surface area contributed by atoms with Crippen molar-refractivity contribution >= 4 is 11.7 Å². The van der Waals surface area contributed by atoms with Gasteiger partial charge >= 0.3 is 6.03 Å². The molecule has 1 aliphatic heterocycles. The molecule has 158 valence electrons. The van der Waals surface area contributed by atoms with E-state index in [4.69, 9.17) is 16.1 Å². The number of halogens is 1. The molecule has 7 nitrogen and oxygen atoms in total. The number of anilines is 1. The number of carbonyl (C=O) groups is 1. The first-order valence-corrected chi connectivity index (χ1v) is 10.0. The van der Waals surface area contributed by atoms with Gasteiger partial charge in [0.1, 0.15) is 5.82 Å². The van der Waals surface area contributed by atoms with E-state index in [1.165, 1.54) is 6.07 Å². The summed E-state index contributed by atoms with van der Waals surface area (Å²) in [6, 6.07) is 12.0. The largest absolute Gasteiger partial charge is 0.326 e. The van der Waals surface area contributed by atoms with E-state index in [-0.39, 0.29) is 18.4 Å². The van der Waals surface area contributed by atoms with Gasteiger partial charge in [-0.3, -0.25) is 4.68 Å². The maximum Gasteiger partial charge on any atom is 0.322 e. The summed E-state index contributed by atoms with van der Waals surface area (Å²) in [6.07, 6.45) is 0. The summed E-state index contributed by atoms with van der Waals surface area (Å²) in [5.41, 5.74) is 11.9. The topological polar surface area (TPSA) is 100.0 Å². The third-order valence-corrected chi connectivity index (χ3v) is 5.61. The van der Waals surface area contributed by atoms with Crippen LogP contribution in [-0.2, 0) is 19.6 Å². The molecule has 0 atom stereocenters. The van der Waals surface area contributed by atoms with Gasteiger partial charge in [-0.05, 0) is 61.4 Å². The lowest BCUT2D eigenvalue weighted by Crippen LogP contribution is -2.41. The number of nitriles is 1. The Hall–Kier alpha value is -3.70. The number of nitrogens with two attached hydrogens (primary N) is 1. The number of rotatable bonds is 3. The Morgan fingerprint density at radius 1 is 1.23 bits per heavy atom. The second kappa shape index (κ2) is 8.20. The predicted octanol–water partition coefficient (Wildman–Crippen LogP) is 3.68. The number of aromatic nitrogens is 2. The molecule has 0 aliphatic carbocycles. The number of fused-ring (bicyclic) bond motifs is 1. The van der Waals surface area contributed by atoms with Crippen LogP contribution in [0.15, 0.2) is 36.4 Å². The molecule has 0 saturated heterocycles. The Morgan fingerprint density at radius 2 is 2.03 bits per heavy atom. The average Bonchev–Trinajstić information content (AvgIpc) is 3.13. The quantitative estimate of drug-likeness (QED) is 0.678. The van der Waals surface area contributed by atoms with Gasteiger partial charge < -0.3 is 16.0 Å². The van der Waals surface area contributed by atoms with Gasteiger partial charge in [-0.1, -0.05) is 0 Å². The lowest BCUT2D eigenvalue weighted by Gasteiger charge is -2.28. The van der Waals surface area contributed by atoms with Crippen molar-refractivity contribution in [3.8, 4) is 17.3 Å². The Labute approximate surface area is 179 Å². The zero-order chi connectivity index (χ0) is 22.1. The molecule has 0 fully saturated rings.